The first-order valence-corrected chi connectivity index (χ1v) is 6.20. The maximum Gasteiger partial charge on any atom is 0.164 e. The van der Waals surface area contributed by atoms with Crippen molar-refractivity contribution in [1.29, 1.82) is 0 Å². The maximum absolute atomic E-state index is 11.9. The van der Waals surface area contributed by atoms with E-state index >= 15 is 0 Å². The topological polar surface area (TPSA) is 47.0 Å². The van der Waals surface area contributed by atoms with Crippen molar-refractivity contribution in [3.63, 3.8) is 0 Å². The molecule has 1 heterocycles. The van der Waals surface area contributed by atoms with E-state index in [1.807, 2.05) is 19.1 Å². The van der Waals surface area contributed by atoms with Gasteiger partial charge in [0, 0.05) is 36.4 Å². The minimum absolute atomic E-state index is 0.00256. The predicted molar refractivity (Wildman–Crippen MR) is 73.3 cm³/mol. The van der Waals surface area contributed by atoms with Crippen LogP contribution in [-0.2, 0) is 0 Å². The lowest BCUT2D eigenvalue weighted by atomic mass is 10.0. The number of aromatic nitrogens is 1. The molecule has 0 bridgehead atoms. The molecule has 0 saturated heterocycles. The van der Waals surface area contributed by atoms with Gasteiger partial charge < -0.3 is 0 Å². The molecule has 0 aliphatic carbocycles. The lowest BCUT2D eigenvalue weighted by Gasteiger charge is -2.02. The summed E-state index contributed by atoms with van der Waals surface area (Å²) in [5.74, 6) is -0.0502. The van der Waals surface area contributed by atoms with E-state index in [0.717, 1.165) is 5.56 Å². The first-order valence-electron chi connectivity index (χ1n) is 6.20. The van der Waals surface area contributed by atoms with Gasteiger partial charge >= 0.3 is 0 Å². The van der Waals surface area contributed by atoms with Gasteiger partial charge in [-0.2, -0.15) is 0 Å². The number of nitrogens with zero attached hydrogens (tertiary/aromatic N) is 1. The number of aryl methyl sites for hydroxylation is 1. The molecule has 3 heteroatoms. The largest absolute Gasteiger partial charge is 0.294 e. The molecule has 0 radical (unpaired) electrons. The van der Waals surface area contributed by atoms with Crippen molar-refractivity contribution >= 4 is 11.6 Å². The number of carbonyl (C=O) groups excluding carboxylic acids is 2. The van der Waals surface area contributed by atoms with Crippen molar-refractivity contribution in [3.05, 3.63) is 65.5 Å². The second kappa shape index (κ2) is 6.05. The van der Waals surface area contributed by atoms with Gasteiger partial charge in [-0.1, -0.05) is 29.8 Å². The molecule has 0 fully saturated rings. The number of rotatable bonds is 5. The summed E-state index contributed by atoms with van der Waals surface area (Å²) < 4.78 is 0. The van der Waals surface area contributed by atoms with Gasteiger partial charge in [0.2, 0.25) is 0 Å². The highest BCUT2D eigenvalue weighted by Gasteiger charge is 2.10. The van der Waals surface area contributed by atoms with Crippen molar-refractivity contribution in [3.8, 4) is 0 Å². The number of Topliss-reactive ketones (excluding diaryl/α,β-unsaturated/α-hetero) is 2. The predicted octanol–water partition coefficient (Wildman–Crippen LogP) is 3.24. The molecule has 0 aliphatic rings. The third-order valence-electron chi connectivity index (χ3n) is 2.94. The molecule has 0 aliphatic heterocycles. The lowest BCUT2D eigenvalue weighted by Crippen LogP contribution is -2.05. The molecule has 2 rings (SSSR count). The summed E-state index contributed by atoms with van der Waals surface area (Å²) in [5, 5.41) is 0. The Bertz CT molecular complexity index is 573. The Labute approximate surface area is 112 Å². The Balaban J connectivity index is 1.94. The summed E-state index contributed by atoms with van der Waals surface area (Å²) in [5.41, 5.74) is 2.33. The van der Waals surface area contributed by atoms with Crippen LogP contribution in [0.4, 0.5) is 0 Å². The molecule has 96 valence electrons. The van der Waals surface area contributed by atoms with Crippen LogP contribution >= 0.6 is 0 Å². The smallest absolute Gasteiger partial charge is 0.164 e. The number of hydrogen-bond acceptors (Lipinski definition) is 3. The van der Waals surface area contributed by atoms with Crippen LogP contribution < -0.4 is 0 Å². The Morgan fingerprint density at radius 1 is 0.947 bits per heavy atom. The summed E-state index contributed by atoms with van der Waals surface area (Å²) >= 11 is 0. The summed E-state index contributed by atoms with van der Waals surface area (Å²) in [6.45, 7) is 1.97. The fourth-order valence-corrected chi connectivity index (χ4v) is 1.78. The molecule has 0 atom stereocenters. The monoisotopic (exact) mass is 253 g/mol. The van der Waals surface area contributed by atoms with E-state index in [1.54, 1.807) is 30.5 Å². The minimum atomic E-state index is -0.0476. The van der Waals surface area contributed by atoms with Gasteiger partial charge in [-0.15, -0.1) is 0 Å². The third-order valence-corrected chi connectivity index (χ3v) is 2.94. The summed E-state index contributed by atoms with van der Waals surface area (Å²) in [4.78, 5) is 27.7. The van der Waals surface area contributed by atoms with E-state index in [2.05, 4.69) is 4.98 Å². The highest BCUT2D eigenvalue weighted by Crippen LogP contribution is 2.10. The molecule has 1 aromatic carbocycles. The van der Waals surface area contributed by atoms with Crippen LogP contribution in [0, 0.1) is 6.92 Å². The van der Waals surface area contributed by atoms with E-state index < -0.39 is 0 Å². The van der Waals surface area contributed by atoms with Gasteiger partial charge in [-0.25, -0.2) is 0 Å². The quantitative estimate of drug-likeness (QED) is 0.768. The Kier molecular flexibility index (Phi) is 4.18. The van der Waals surface area contributed by atoms with Crippen LogP contribution in [0.1, 0.15) is 39.1 Å². The molecule has 19 heavy (non-hydrogen) atoms. The first-order chi connectivity index (χ1) is 9.16. The van der Waals surface area contributed by atoms with Crippen molar-refractivity contribution in [1.82, 2.24) is 4.98 Å². The molecule has 0 unspecified atom stereocenters. The third kappa shape index (κ3) is 3.58. The van der Waals surface area contributed by atoms with Crippen molar-refractivity contribution in [2.24, 2.45) is 0 Å². The molecular weight excluding hydrogens is 238 g/mol. The number of pyridine rings is 1. The molecule has 0 saturated carbocycles. The zero-order valence-corrected chi connectivity index (χ0v) is 10.8. The summed E-state index contributed by atoms with van der Waals surface area (Å²) in [7, 11) is 0. The lowest BCUT2D eigenvalue weighted by molar-refractivity contribution is 0.0917. The summed E-state index contributed by atoms with van der Waals surface area (Å²) in [6, 6.07) is 10.8. The van der Waals surface area contributed by atoms with Gasteiger partial charge in [0.25, 0.3) is 0 Å². The van der Waals surface area contributed by atoms with Gasteiger partial charge in [0.15, 0.2) is 11.6 Å². The van der Waals surface area contributed by atoms with E-state index in [9.17, 15) is 9.59 Å². The standard InChI is InChI=1S/C16H15NO2/c1-12-4-6-13(7-5-12)15(18)8-9-16(19)14-3-2-10-17-11-14/h2-7,10-11H,8-9H2,1H3. The number of ketones is 2. The van der Waals surface area contributed by atoms with Crippen LogP contribution in [0.2, 0.25) is 0 Å². The fraction of sp³-hybridized carbons (Fsp3) is 0.188. The molecular formula is C16H15NO2. The SMILES string of the molecule is Cc1ccc(C(=O)CCC(=O)c2cccnc2)cc1. The van der Waals surface area contributed by atoms with Gasteiger partial charge in [-0.05, 0) is 19.1 Å². The Morgan fingerprint density at radius 3 is 2.16 bits per heavy atom. The number of carbonyl (C=O) groups is 2. The highest BCUT2D eigenvalue weighted by atomic mass is 16.1. The van der Waals surface area contributed by atoms with Crippen LogP contribution in [-0.4, -0.2) is 16.6 Å². The van der Waals surface area contributed by atoms with E-state index in [0.29, 0.717) is 11.1 Å². The molecule has 0 N–H and O–H groups in total. The molecule has 0 spiro atoms. The number of benzene rings is 1. The average Bonchev–Trinajstić information content (AvgIpc) is 2.46. The Morgan fingerprint density at radius 2 is 1.58 bits per heavy atom. The van der Waals surface area contributed by atoms with Gasteiger partial charge in [-0.3, -0.25) is 14.6 Å². The maximum atomic E-state index is 11.9. The van der Waals surface area contributed by atoms with Gasteiger partial charge in [0.05, 0.1) is 0 Å². The second-order valence-electron chi connectivity index (χ2n) is 4.45. The fourth-order valence-electron chi connectivity index (χ4n) is 1.78. The van der Waals surface area contributed by atoms with Crippen molar-refractivity contribution in [2.45, 2.75) is 19.8 Å². The van der Waals surface area contributed by atoms with E-state index in [-0.39, 0.29) is 24.4 Å². The van der Waals surface area contributed by atoms with Crippen molar-refractivity contribution in [2.75, 3.05) is 0 Å². The highest BCUT2D eigenvalue weighted by molar-refractivity contribution is 6.01. The Hall–Kier alpha value is -2.29. The zero-order valence-electron chi connectivity index (χ0n) is 10.8. The first kappa shape index (κ1) is 13.1. The van der Waals surface area contributed by atoms with E-state index in [1.165, 1.54) is 6.20 Å². The van der Waals surface area contributed by atoms with Crippen LogP contribution in [0.5, 0.6) is 0 Å². The number of hydrogen-bond donors (Lipinski definition) is 0. The normalized spacial score (nSPS) is 10.2. The molecule has 1 aromatic heterocycles. The molecule has 2 aromatic rings. The molecule has 0 amide bonds. The van der Waals surface area contributed by atoms with Crippen molar-refractivity contribution < 1.29 is 9.59 Å². The average molecular weight is 253 g/mol. The van der Waals surface area contributed by atoms with Crippen LogP contribution in [0.3, 0.4) is 0 Å². The summed E-state index contributed by atoms with van der Waals surface area (Å²) in [6.07, 6.45) is 3.60. The van der Waals surface area contributed by atoms with Crippen LogP contribution in [0.15, 0.2) is 48.8 Å². The second-order valence-corrected chi connectivity index (χ2v) is 4.45. The zero-order chi connectivity index (χ0) is 13.7. The molecule has 3 nitrogen and oxygen atoms in total. The van der Waals surface area contributed by atoms with Crippen LogP contribution in [0.25, 0.3) is 0 Å². The van der Waals surface area contributed by atoms with E-state index in [4.69, 9.17) is 0 Å². The minimum Gasteiger partial charge on any atom is -0.294 e. The van der Waals surface area contributed by atoms with Gasteiger partial charge in [0.1, 0.15) is 0 Å².